The molecule has 2 aromatic rings. The molecule has 1 heterocycles. The first-order chi connectivity index (χ1) is 11.8. The first-order valence-corrected chi connectivity index (χ1v) is 7.91. The van der Waals surface area contributed by atoms with Gasteiger partial charge in [-0.05, 0) is 31.2 Å². The van der Waals surface area contributed by atoms with Gasteiger partial charge in [-0.15, -0.1) is 0 Å². The van der Waals surface area contributed by atoms with Crippen LogP contribution < -0.4 is 24.8 Å². The third kappa shape index (κ3) is 3.90. The second kappa shape index (κ2) is 7.59. The number of hydrogen-bond acceptors (Lipinski definition) is 5. The maximum Gasteiger partial charge on any atom is 0.243 e. The summed E-state index contributed by atoms with van der Waals surface area (Å²) in [4.78, 5) is 12.1. The molecule has 0 saturated heterocycles. The van der Waals surface area contributed by atoms with Gasteiger partial charge in [-0.2, -0.15) is 0 Å². The molecule has 1 amide bonds. The van der Waals surface area contributed by atoms with Gasteiger partial charge in [0.1, 0.15) is 19.0 Å². The van der Waals surface area contributed by atoms with Crippen LogP contribution in [0.25, 0.3) is 0 Å². The van der Waals surface area contributed by atoms with Crippen LogP contribution >= 0.6 is 0 Å². The van der Waals surface area contributed by atoms with Crippen LogP contribution in [0.2, 0.25) is 0 Å². The Balaban J connectivity index is 1.58. The number of amides is 1. The Morgan fingerprint density at radius 3 is 2.75 bits per heavy atom. The Morgan fingerprint density at radius 1 is 1.12 bits per heavy atom. The molecule has 0 atom stereocenters. The first kappa shape index (κ1) is 16.0. The number of carbonyl (C=O) groups is 1. The fourth-order valence-corrected chi connectivity index (χ4v) is 2.38. The minimum Gasteiger partial charge on any atom is -0.492 e. The van der Waals surface area contributed by atoms with Crippen molar-refractivity contribution in [3.05, 3.63) is 42.5 Å². The molecule has 0 spiro atoms. The van der Waals surface area contributed by atoms with Gasteiger partial charge in [0, 0.05) is 11.8 Å². The van der Waals surface area contributed by atoms with E-state index in [-0.39, 0.29) is 12.5 Å². The molecule has 0 fully saturated rings. The average Bonchev–Trinajstić information content (AvgIpc) is 2.62. The highest BCUT2D eigenvalue weighted by Gasteiger charge is 2.12. The summed E-state index contributed by atoms with van der Waals surface area (Å²) in [5.74, 6) is 1.92. The zero-order chi connectivity index (χ0) is 16.8. The van der Waals surface area contributed by atoms with E-state index in [1.807, 2.05) is 49.4 Å². The maximum atomic E-state index is 12.1. The largest absolute Gasteiger partial charge is 0.492 e. The number of rotatable bonds is 6. The summed E-state index contributed by atoms with van der Waals surface area (Å²) in [7, 11) is 0. The van der Waals surface area contributed by atoms with E-state index in [2.05, 4.69) is 10.6 Å². The molecule has 2 aromatic carbocycles. The average molecular weight is 328 g/mol. The van der Waals surface area contributed by atoms with E-state index in [9.17, 15) is 4.79 Å². The van der Waals surface area contributed by atoms with E-state index in [4.69, 9.17) is 14.2 Å². The predicted molar refractivity (Wildman–Crippen MR) is 92.2 cm³/mol. The van der Waals surface area contributed by atoms with Gasteiger partial charge in [-0.25, -0.2) is 0 Å². The third-order valence-electron chi connectivity index (χ3n) is 3.46. The molecule has 1 aliphatic rings. The summed E-state index contributed by atoms with van der Waals surface area (Å²) >= 11 is 0. The number of hydrogen-bond donors (Lipinski definition) is 2. The molecule has 1 aliphatic heterocycles. The number of para-hydroxylation sites is 2. The van der Waals surface area contributed by atoms with Gasteiger partial charge in [0.25, 0.3) is 0 Å². The van der Waals surface area contributed by atoms with Crippen molar-refractivity contribution in [2.75, 3.05) is 37.0 Å². The van der Waals surface area contributed by atoms with Crippen molar-refractivity contribution in [1.82, 2.24) is 0 Å². The van der Waals surface area contributed by atoms with E-state index >= 15 is 0 Å². The summed E-state index contributed by atoms with van der Waals surface area (Å²) in [5, 5.41) is 5.92. The number of carbonyl (C=O) groups excluding carboxylic acids is 1. The van der Waals surface area contributed by atoms with Gasteiger partial charge in [-0.3, -0.25) is 4.79 Å². The summed E-state index contributed by atoms with van der Waals surface area (Å²) in [6, 6.07) is 12.9. The Bertz CT molecular complexity index is 718. The lowest BCUT2D eigenvalue weighted by molar-refractivity contribution is -0.114. The van der Waals surface area contributed by atoms with E-state index < -0.39 is 0 Å². The molecule has 6 nitrogen and oxygen atoms in total. The van der Waals surface area contributed by atoms with Crippen molar-refractivity contribution in [2.45, 2.75) is 6.92 Å². The van der Waals surface area contributed by atoms with Gasteiger partial charge < -0.3 is 24.8 Å². The zero-order valence-corrected chi connectivity index (χ0v) is 13.5. The van der Waals surface area contributed by atoms with Crippen molar-refractivity contribution in [1.29, 1.82) is 0 Å². The lowest BCUT2D eigenvalue weighted by Crippen LogP contribution is -2.22. The maximum absolute atomic E-state index is 12.1. The van der Waals surface area contributed by atoms with E-state index in [0.29, 0.717) is 37.0 Å². The van der Waals surface area contributed by atoms with Crippen LogP contribution in [0.5, 0.6) is 17.2 Å². The van der Waals surface area contributed by atoms with Crippen molar-refractivity contribution in [3.8, 4) is 17.2 Å². The SMILES string of the molecule is CCOc1ccccc1NC(=O)CNc1ccc2c(c1)OCCO2. The molecule has 0 aliphatic carbocycles. The van der Waals surface area contributed by atoms with Crippen LogP contribution in [0.1, 0.15) is 6.92 Å². The van der Waals surface area contributed by atoms with Crippen LogP contribution in [0.15, 0.2) is 42.5 Å². The number of fused-ring (bicyclic) bond motifs is 1. The summed E-state index contributed by atoms with van der Waals surface area (Å²) in [6.45, 7) is 3.68. The predicted octanol–water partition coefficient (Wildman–Crippen LogP) is 2.91. The van der Waals surface area contributed by atoms with Crippen LogP contribution in [0, 0.1) is 0 Å². The molecule has 6 heteroatoms. The first-order valence-electron chi connectivity index (χ1n) is 7.91. The molecular formula is C18H20N2O4. The van der Waals surface area contributed by atoms with Gasteiger partial charge in [0.15, 0.2) is 11.5 Å². The molecule has 0 aromatic heterocycles. The fourth-order valence-electron chi connectivity index (χ4n) is 2.38. The minimum absolute atomic E-state index is 0.139. The Kier molecular flexibility index (Phi) is 5.05. The van der Waals surface area contributed by atoms with Gasteiger partial charge in [0.05, 0.1) is 18.8 Å². The van der Waals surface area contributed by atoms with Gasteiger partial charge in [0.2, 0.25) is 5.91 Å². The Morgan fingerprint density at radius 2 is 1.92 bits per heavy atom. The van der Waals surface area contributed by atoms with Crippen LogP contribution in [-0.2, 0) is 4.79 Å². The number of nitrogens with one attached hydrogen (secondary N) is 2. The van der Waals surface area contributed by atoms with Crippen LogP contribution in [0.3, 0.4) is 0 Å². The van der Waals surface area contributed by atoms with Crippen molar-refractivity contribution >= 4 is 17.3 Å². The zero-order valence-electron chi connectivity index (χ0n) is 13.5. The van der Waals surface area contributed by atoms with E-state index in [0.717, 1.165) is 11.4 Å². The van der Waals surface area contributed by atoms with Crippen LogP contribution in [0.4, 0.5) is 11.4 Å². The molecule has 126 valence electrons. The topological polar surface area (TPSA) is 68.8 Å². The van der Waals surface area contributed by atoms with Crippen molar-refractivity contribution in [3.63, 3.8) is 0 Å². The Labute approximate surface area is 140 Å². The van der Waals surface area contributed by atoms with E-state index in [1.54, 1.807) is 0 Å². The monoisotopic (exact) mass is 328 g/mol. The summed E-state index contributed by atoms with van der Waals surface area (Å²) in [6.07, 6.45) is 0. The summed E-state index contributed by atoms with van der Waals surface area (Å²) in [5.41, 5.74) is 1.46. The standard InChI is InChI=1S/C18H20N2O4/c1-2-22-15-6-4-3-5-14(15)20-18(21)12-19-13-7-8-16-17(11-13)24-10-9-23-16/h3-8,11,19H,2,9-10,12H2,1H3,(H,20,21). The van der Waals surface area contributed by atoms with Gasteiger partial charge >= 0.3 is 0 Å². The second-order valence-corrected chi connectivity index (χ2v) is 5.19. The molecule has 24 heavy (non-hydrogen) atoms. The van der Waals surface area contributed by atoms with Crippen molar-refractivity contribution < 1.29 is 19.0 Å². The molecule has 0 saturated carbocycles. The van der Waals surface area contributed by atoms with Crippen molar-refractivity contribution in [2.24, 2.45) is 0 Å². The number of ether oxygens (including phenoxy) is 3. The number of anilines is 2. The lowest BCUT2D eigenvalue weighted by atomic mass is 10.2. The highest BCUT2D eigenvalue weighted by atomic mass is 16.6. The second-order valence-electron chi connectivity index (χ2n) is 5.19. The normalized spacial score (nSPS) is 12.4. The lowest BCUT2D eigenvalue weighted by Gasteiger charge is -2.19. The fraction of sp³-hybridized carbons (Fsp3) is 0.278. The molecule has 3 rings (SSSR count). The Hall–Kier alpha value is -2.89. The summed E-state index contributed by atoms with van der Waals surface area (Å²) < 4.78 is 16.5. The molecular weight excluding hydrogens is 308 g/mol. The number of benzene rings is 2. The molecule has 0 unspecified atom stereocenters. The smallest absolute Gasteiger partial charge is 0.243 e. The van der Waals surface area contributed by atoms with Gasteiger partial charge in [-0.1, -0.05) is 12.1 Å². The minimum atomic E-state index is -0.156. The van der Waals surface area contributed by atoms with E-state index in [1.165, 1.54) is 0 Å². The quantitative estimate of drug-likeness (QED) is 0.853. The molecule has 0 radical (unpaired) electrons. The highest BCUT2D eigenvalue weighted by molar-refractivity contribution is 5.95. The van der Waals surface area contributed by atoms with Crippen LogP contribution in [-0.4, -0.2) is 32.3 Å². The molecule has 0 bridgehead atoms. The molecule has 2 N–H and O–H groups in total. The highest BCUT2D eigenvalue weighted by Crippen LogP contribution is 2.32. The third-order valence-corrected chi connectivity index (χ3v) is 3.46.